The summed E-state index contributed by atoms with van der Waals surface area (Å²) < 4.78 is 29.4. The minimum atomic E-state index is -3.82. The van der Waals surface area contributed by atoms with Crippen molar-refractivity contribution in [2.24, 2.45) is 12.8 Å². The maximum atomic E-state index is 12.7. The Morgan fingerprint density at radius 2 is 2.04 bits per heavy atom. The van der Waals surface area contributed by atoms with Gasteiger partial charge in [-0.1, -0.05) is 0 Å². The van der Waals surface area contributed by atoms with Crippen LogP contribution in [0, 0.1) is 13.8 Å². The van der Waals surface area contributed by atoms with E-state index in [-0.39, 0.29) is 29.3 Å². The Hall–Kier alpha value is -1.16. The van der Waals surface area contributed by atoms with E-state index in [0.29, 0.717) is 24.5 Å². The highest BCUT2D eigenvalue weighted by molar-refractivity contribution is 7.89. The third-order valence-corrected chi connectivity index (χ3v) is 6.39. The number of hydrogen-bond donors (Lipinski definition) is 2. The van der Waals surface area contributed by atoms with Gasteiger partial charge in [-0.05, 0) is 40.0 Å². The molecule has 0 bridgehead atoms. The van der Waals surface area contributed by atoms with Gasteiger partial charge in [0.05, 0.1) is 17.4 Å². The Labute approximate surface area is 155 Å². The lowest BCUT2D eigenvalue weighted by atomic mass is 10.0. The summed E-state index contributed by atoms with van der Waals surface area (Å²) >= 11 is 0. The minimum absolute atomic E-state index is 0. The molecule has 25 heavy (non-hydrogen) atoms. The highest BCUT2D eigenvalue weighted by Crippen LogP contribution is 2.20. The van der Waals surface area contributed by atoms with E-state index in [9.17, 15) is 13.2 Å². The number of carbonyl (C=O) groups is 1. The third kappa shape index (κ3) is 4.52. The van der Waals surface area contributed by atoms with Crippen LogP contribution < -0.4 is 10.5 Å². The predicted molar refractivity (Wildman–Crippen MR) is 98.1 cm³/mol. The molecular weight excluding hydrogens is 366 g/mol. The molecular formula is C15H28ClN5O3S. The molecule has 1 aliphatic heterocycles. The second-order valence-electron chi connectivity index (χ2n) is 6.38. The van der Waals surface area contributed by atoms with E-state index in [0.717, 1.165) is 19.3 Å². The summed E-state index contributed by atoms with van der Waals surface area (Å²) in [6.07, 6.45) is 2.82. The van der Waals surface area contributed by atoms with E-state index in [1.165, 1.54) is 4.68 Å². The molecule has 144 valence electrons. The fourth-order valence-corrected chi connectivity index (χ4v) is 4.90. The number of piperidine rings is 1. The van der Waals surface area contributed by atoms with Crippen LogP contribution in [0.25, 0.3) is 0 Å². The molecule has 2 rings (SSSR count). The van der Waals surface area contributed by atoms with Crippen LogP contribution in [-0.2, 0) is 21.9 Å². The lowest BCUT2D eigenvalue weighted by Crippen LogP contribution is -2.54. The number of carbonyl (C=O) groups excluding carboxylic acids is 1. The summed E-state index contributed by atoms with van der Waals surface area (Å²) in [6, 6.07) is -0.860. The fraction of sp³-hybridized carbons (Fsp3) is 0.733. The molecule has 1 aliphatic rings. The van der Waals surface area contributed by atoms with Gasteiger partial charge in [0, 0.05) is 26.2 Å². The van der Waals surface area contributed by atoms with Crippen molar-refractivity contribution in [1.29, 1.82) is 0 Å². The van der Waals surface area contributed by atoms with E-state index in [2.05, 4.69) is 9.82 Å². The molecule has 0 radical (unpaired) electrons. The van der Waals surface area contributed by atoms with Gasteiger partial charge in [-0.3, -0.25) is 9.48 Å². The van der Waals surface area contributed by atoms with Crippen molar-refractivity contribution < 1.29 is 13.2 Å². The first-order valence-corrected chi connectivity index (χ1v) is 9.70. The van der Waals surface area contributed by atoms with Crippen molar-refractivity contribution in [2.75, 3.05) is 13.1 Å². The van der Waals surface area contributed by atoms with Crippen molar-refractivity contribution in [2.45, 2.75) is 57.0 Å². The molecule has 0 saturated carbocycles. The zero-order valence-corrected chi connectivity index (χ0v) is 16.8. The molecule has 1 aromatic rings. The molecule has 0 aromatic carbocycles. The standard InChI is InChI=1S/C15H27N5O3S.ClH/c1-10-14(12(3)19(4)17-10)24(22,23)18-11(2)15(21)20-8-6-5-7-13(20)9-16;/h11,13,18H,5-9,16H2,1-4H3;1H. The zero-order valence-electron chi connectivity index (χ0n) is 15.2. The molecule has 2 unspecified atom stereocenters. The summed E-state index contributed by atoms with van der Waals surface area (Å²) in [6.45, 7) is 5.92. The Morgan fingerprint density at radius 1 is 1.40 bits per heavy atom. The molecule has 3 N–H and O–H groups in total. The number of nitrogens with zero attached hydrogens (tertiary/aromatic N) is 3. The highest BCUT2D eigenvalue weighted by atomic mass is 35.5. The SMILES string of the molecule is Cc1nn(C)c(C)c1S(=O)(=O)NC(C)C(=O)N1CCCCC1CN.Cl. The highest BCUT2D eigenvalue weighted by Gasteiger charge is 2.32. The Morgan fingerprint density at radius 3 is 2.56 bits per heavy atom. The van der Waals surface area contributed by atoms with Gasteiger partial charge in [-0.15, -0.1) is 12.4 Å². The number of aromatic nitrogens is 2. The maximum absolute atomic E-state index is 12.7. The molecule has 2 heterocycles. The van der Waals surface area contributed by atoms with Gasteiger partial charge in [0.15, 0.2) is 0 Å². The Kier molecular flexibility index (Phi) is 7.42. The van der Waals surface area contributed by atoms with Crippen LogP contribution in [0.5, 0.6) is 0 Å². The molecule has 2 atom stereocenters. The second kappa shape index (κ2) is 8.48. The van der Waals surface area contributed by atoms with Gasteiger partial charge in [-0.2, -0.15) is 9.82 Å². The lowest BCUT2D eigenvalue weighted by molar-refractivity contribution is -0.136. The number of halogens is 1. The largest absolute Gasteiger partial charge is 0.337 e. The van der Waals surface area contributed by atoms with Crippen molar-refractivity contribution in [3.63, 3.8) is 0 Å². The van der Waals surface area contributed by atoms with Crippen LogP contribution in [0.3, 0.4) is 0 Å². The number of hydrogen-bond acceptors (Lipinski definition) is 5. The molecule has 0 aliphatic carbocycles. The zero-order chi connectivity index (χ0) is 18.1. The van der Waals surface area contributed by atoms with Gasteiger partial charge in [0.2, 0.25) is 15.9 Å². The topological polar surface area (TPSA) is 110 Å². The fourth-order valence-electron chi connectivity index (χ4n) is 3.27. The first-order chi connectivity index (χ1) is 11.2. The summed E-state index contributed by atoms with van der Waals surface area (Å²) in [5.41, 5.74) is 6.70. The van der Waals surface area contributed by atoms with Gasteiger partial charge < -0.3 is 10.6 Å². The van der Waals surface area contributed by atoms with E-state index >= 15 is 0 Å². The molecule has 1 saturated heterocycles. The van der Waals surface area contributed by atoms with Crippen LogP contribution >= 0.6 is 12.4 Å². The van der Waals surface area contributed by atoms with E-state index in [4.69, 9.17) is 5.73 Å². The van der Waals surface area contributed by atoms with Crippen molar-refractivity contribution in [1.82, 2.24) is 19.4 Å². The smallest absolute Gasteiger partial charge is 0.244 e. The summed E-state index contributed by atoms with van der Waals surface area (Å²) in [5, 5.41) is 4.13. The van der Waals surface area contributed by atoms with Crippen LogP contribution in [0.4, 0.5) is 0 Å². The average Bonchev–Trinajstić information content (AvgIpc) is 2.79. The summed E-state index contributed by atoms with van der Waals surface area (Å²) in [7, 11) is -2.13. The van der Waals surface area contributed by atoms with Crippen LogP contribution in [-0.4, -0.2) is 54.2 Å². The van der Waals surface area contributed by atoms with E-state index in [1.54, 1.807) is 32.7 Å². The lowest BCUT2D eigenvalue weighted by Gasteiger charge is -2.36. The first-order valence-electron chi connectivity index (χ1n) is 8.22. The molecule has 1 amide bonds. The second-order valence-corrected chi connectivity index (χ2v) is 8.03. The van der Waals surface area contributed by atoms with Crippen molar-refractivity contribution in [3.05, 3.63) is 11.4 Å². The Balaban J connectivity index is 0.00000312. The van der Waals surface area contributed by atoms with E-state index in [1.807, 2.05) is 0 Å². The molecule has 1 fully saturated rings. The van der Waals surface area contributed by atoms with Crippen molar-refractivity contribution >= 4 is 28.3 Å². The van der Waals surface area contributed by atoms with Crippen LogP contribution in [0.2, 0.25) is 0 Å². The molecule has 10 heteroatoms. The monoisotopic (exact) mass is 393 g/mol. The van der Waals surface area contributed by atoms with E-state index < -0.39 is 16.1 Å². The normalized spacial score (nSPS) is 19.4. The van der Waals surface area contributed by atoms with Gasteiger partial charge in [0.25, 0.3) is 0 Å². The number of sulfonamides is 1. The number of rotatable bonds is 5. The number of likely N-dealkylation sites (tertiary alicyclic amines) is 1. The summed E-state index contributed by atoms with van der Waals surface area (Å²) in [5.74, 6) is -0.229. The van der Waals surface area contributed by atoms with Crippen molar-refractivity contribution in [3.8, 4) is 0 Å². The Bertz CT molecular complexity index is 719. The number of nitrogens with two attached hydrogens (primary N) is 1. The number of aryl methyl sites for hydroxylation is 2. The van der Waals surface area contributed by atoms with Gasteiger partial charge in [0.1, 0.15) is 4.90 Å². The number of nitrogens with one attached hydrogen (secondary N) is 1. The number of amides is 1. The quantitative estimate of drug-likeness (QED) is 0.755. The predicted octanol–water partition coefficient (Wildman–Crippen LogP) is 0.465. The molecule has 0 spiro atoms. The third-order valence-electron chi connectivity index (χ3n) is 4.60. The van der Waals surface area contributed by atoms with Gasteiger partial charge in [-0.25, -0.2) is 8.42 Å². The average molecular weight is 394 g/mol. The summed E-state index contributed by atoms with van der Waals surface area (Å²) in [4.78, 5) is 14.5. The minimum Gasteiger partial charge on any atom is -0.337 e. The van der Waals surface area contributed by atoms with Crippen LogP contribution in [0.1, 0.15) is 37.6 Å². The van der Waals surface area contributed by atoms with Crippen LogP contribution in [0.15, 0.2) is 4.90 Å². The first kappa shape index (κ1) is 21.9. The maximum Gasteiger partial charge on any atom is 0.244 e. The molecule has 1 aromatic heterocycles. The van der Waals surface area contributed by atoms with Gasteiger partial charge >= 0.3 is 0 Å². The molecule has 8 nitrogen and oxygen atoms in total.